The Morgan fingerprint density at radius 2 is 1.76 bits per heavy atom. The van der Waals surface area contributed by atoms with E-state index in [4.69, 9.17) is 4.42 Å². The van der Waals surface area contributed by atoms with E-state index in [9.17, 15) is 17.6 Å². The number of sulfonamides is 1. The van der Waals surface area contributed by atoms with Crippen molar-refractivity contribution in [1.82, 2.24) is 4.98 Å². The Bertz CT molecular complexity index is 1480. The minimum atomic E-state index is -3.33. The number of amides is 1. The number of anilines is 2. The zero-order valence-electron chi connectivity index (χ0n) is 17.9. The Morgan fingerprint density at radius 1 is 1.00 bits per heavy atom. The van der Waals surface area contributed by atoms with Crippen molar-refractivity contribution in [3.8, 4) is 22.8 Å². The van der Waals surface area contributed by atoms with Crippen LogP contribution >= 0.6 is 0 Å². The van der Waals surface area contributed by atoms with Crippen LogP contribution in [0, 0.1) is 5.82 Å². The molecular formula is C25H20FN3O4S. The van der Waals surface area contributed by atoms with Gasteiger partial charge in [0.15, 0.2) is 5.76 Å². The SMILES string of the molecule is O=C(Nc1cccc(N2CCCS2(=O)=O)c1)c1ccccc1-c1ncc(-c2ccccc2F)o1. The highest BCUT2D eigenvalue weighted by atomic mass is 32.2. The Hall–Kier alpha value is -3.98. The second-order valence-electron chi connectivity index (χ2n) is 7.80. The van der Waals surface area contributed by atoms with Crippen molar-refractivity contribution in [2.75, 3.05) is 21.9 Å². The van der Waals surface area contributed by atoms with Gasteiger partial charge in [-0.25, -0.2) is 17.8 Å². The molecule has 0 spiro atoms. The maximum Gasteiger partial charge on any atom is 0.256 e. The largest absolute Gasteiger partial charge is 0.436 e. The maximum atomic E-state index is 14.1. The van der Waals surface area contributed by atoms with Gasteiger partial charge in [0, 0.05) is 17.8 Å². The van der Waals surface area contributed by atoms with Gasteiger partial charge in [0.25, 0.3) is 5.91 Å². The topological polar surface area (TPSA) is 92.5 Å². The summed E-state index contributed by atoms with van der Waals surface area (Å²) in [4.78, 5) is 17.4. The van der Waals surface area contributed by atoms with Crippen LogP contribution in [0.5, 0.6) is 0 Å². The number of nitrogens with one attached hydrogen (secondary N) is 1. The summed E-state index contributed by atoms with van der Waals surface area (Å²) in [5.74, 6) is -0.301. The summed E-state index contributed by atoms with van der Waals surface area (Å²) < 4.78 is 45.8. The van der Waals surface area contributed by atoms with E-state index < -0.39 is 21.7 Å². The van der Waals surface area contributed by atoms with Crippen molar-refractivity contribution in [3.63, 3.8) is 0 Å². The number of hydrogen-bond donors (Lipinski definition) is 1. The first-order valence-electron chi connectivity index (χ1n) is 10.6. The van der Waals surface area contributed by atoms with Crippen LogP contribution < -0.4 is 9.62 Å². The molecule has 3 aromatic carbocycles. The predicted octanol–water partition coefficient (Wildman–Crippen LogP) is 4.94. The van der Waals surface area contributed by atoms with Gasteiger partial charge in [-0.05, 0) is 48.9 Å². The van der Waals surface area contributed by atoms with E-state index in [2.05, 4.69) is 10.3 Å². The molecule has 0 bridgehead atoms. The van der Waals surface area contributed by atoms with Gasteiger partial charge >= 0.3 is 0 Å². The number of hydrogen-bond acceptors (Lipinski definition) is 5. The molecule has 0 aliphatic carbocycles. The second kappa shape index (κ2) is 8.75. The number of oxazole rings is 1. The number of nitrogens with zero attached hydrogens (tertiary/aromatic N) is 2. The molecule has 1 aliphatic heterocycles. The van der Waals surface area contributed by atoms with E-state index in [1.54, 1.807) is 66.7 Å². The van der Waals surface area contributed by atoms with Crippen molar-refractivity contribution < 1.29 is 22.0 Å². The summed E-state index contributed by atoms with van der Waals surface area (Å²) in [6, 6.07) is 19.7. The summed E-state index contributed by atoms with van der Waals surface area (Å²) in [5.41, 5.74) is 1.99. The highest BCUT2D eigenvalue weighted by molar-refractivity contribution is 7.93. The fraction of sp³-hybridized carbons (Fsp3) is 0.120. The first-order chi connectivity index (χ1) is 16.4. The lowest BCUT2D eigenvalue weighted by molar-refractivity contribution is 0.102. The molecule has 1 aliphatic rings. The molecule has 2 heterocycles. The van der Waals surface area contributed by atoms with Crippen LogP contribution in [0.2, 0.25) is 0 Å². The Balaban J connectivity index is 1.42. The smallest absolute Gasteiger partial charge is 0.256 e. The maximum absolute atomic E-state index is 14.1. The van der Waals surface area contributed by atoms with Gasteiger partial charge in [-0.15, -0.1) is 0 Å². The molecule has 1 amide bonds. The van der Waals surface area contributed by atoms with E-state index in [0.29, 0.717) is 35.5 Å². The third kappa shape index (κ3) is 4.17. The Labute approximate surface area is 195 Å². The fourth-order valence-electron chi connectivity index (χ4n) is 3.92. The summed E-state index contributed by atoms with van der Waals surface area (Å²) in [5, 5.41) is 2.82. The summed E-state index contributed by atoms with van der Waals surface area (Å²) >= 11 is 0. The number of carbonyl (C=O) groups excluding carboxylic acids is 1. The lowest BCUT2D eigenvalue weighted by Gasteiger charge is -2.18. The molecule has 1 saturated heterocycles. The molecule has 0 saturated carbocycles. The minimum Gasteiger partial charge on any atom is -0.436 e. The van der Waals surface area contributed by atoms with Crippen molar-refractivity contribution in [3.05, 3.63) is 90.4 Å². The van der Waals surface area contributed by atoms with Gasteiger partial charge in [0.2, 0.25) is 15.9 Å². The zero-order chi connectivity index (χ0) is 23.7. The monoisotopic (exact) mass is 477 g/mol. The molecule has 0 unspecified atom stereocenters. The Morgan fingerprint density at radius 3 is 2.53 bits per heavy atom. The fourth-order valence-corrected chi connectivity index (χ4v) is 5.47. The first-order valence-corrected chi connectivity index (χ1v) is 12.3. The molecule has 172 valence electrons. The molecule has 1 aromatic heterocycles. The average Bonchev–Trinajstić information content (AvgIpc) is 3.46. The van der Waals surface area contributed by atoms with Crippen LogP contribution in [0.3, 0.4) is 0 Å². The van der Waals surface area contributed by atoms with E-state index in [1.807, 2.05) is 0 Å². The van der Waals surface area contributed by atoms with Crippen LogP contribution in [-0.4, -0.2) is 31.6 Å². The lowest BCUT2D eigenvalue weighted by atomic mass is 10.1. The molecule has 4 aromatic rings. The van der Waals surface area contributed by atoms with Gasteiger partial charge < -0.3 is 9.73 Å². The van der Waals surface area contributed by atoms with E-state index >= 15 is 0 Å². The van der Waals surface area contributed by atoms with E-state index in [-0.39, 0.29) is 23.0 Å². The third-order valence-corrected chi connectivity index (χ3v) is 7.41. The standard InChI is InChI=1S/C25H20FN3O4S/c26-22-12-4-3-11-21(22)23-16-27-25(33-23)20-10-2-1-9-19(20)24(30)28-17-7-5-8-18(15-17)29-13-6-14-34(29,31)32/h1-5,7-12,15-16H,6,13-14H2,(H,28,30). The molecule has 34 heavy (non-hydrogen) atoms. The number of aromatic nitrogens is 1. The summed E-state index contributed by atoms with van der Waals surface area (Å²) in [7, 11) is -3.33. The van der Waals surface area contributed by atoms with E-state index in [0.717, 1.165) is 0 Å². The zero-order valence-corrected chi connectivity index (χ0v) is 18.8. The highest BCUT2D eigenvalue weighted by Crippen LogP contribution is 2.31. The van der Waals surface area contributed by atoms with Crippen molar-refractivity contribution in [1.29, 1.82) is 0 Å². The lowest BCUT2D eigenvalue weighted by Crippen LogP contribution is -2.25. The number of halogens is 1. The van der Waals surface area contributed by atoms with Gasteiger partial charge in [-0.3, -0.25) is 9.10 Å². The molecule has 7 nitrogen and oxygen atoms in total. The Kier molecular flexibility index (Phi) is 5.62. The first kappa shape index (κ1) is 21.8. The number of rotatable bonds is 5. The van der Waals surface area contributed by atoms with E-state index in [1.165, 1.54) is 16.6 Å². The number of benzene rings is 3. The van der Waals surface area contributed by atoms with Gasteiger partial charge in [0.05, 0.1) is 28.8 Å². The van der Waals surface area contributed by atoms with Crippen molar-refractivity contribution >= 4 is 27.3 Å². The van der Waals surface area contributed by atoms with Crippen LogP contribution in [0.1, 0.15) is 16.8 Å². The van der Waals surface area contributed by atoms with Crippen LogP contribution in [0.15, 0.2) is 83.4 Å². The van der Waals surface area contributed by atoms with Crippen LogP contribution in [0.25, 0.3) is 22.8 Å². The van der Waals surface area contributed by atoms with Gasteiger partial charge in [0.1, 0.15) is 5.82 Å². The quantitative estimate of drug-likeness (QED) is 0.440. The predicted molar refractivity (Wildman–Crippen MR) is 127 cm³/mol. The molecule has 5 rings (SSSR count). The van der Waals surface area contributed by atoms with Gasteiger partial charge in [-0.1, -0.05) is 30.3 Å². The van der Waals surface area contributed by atoms with Gasteiger partial charge in [-0.2, -0.15) is 0 Å². The second-order valence-corrected chi connectivity index (χ2v) is 9.81. The van der Waals surface area contributed by atoms with Crippen molar-refractivity contribution in [2.45, 2.75) is 6.42 Å². The molecule has 9 heteroatoms. The molecule has 1 N–H and O–H groups in total. The minimum absolute atomic E-state index is 0.113. The number of carbonyl (C=O) groups is 1. The normalized spacial score (nSPS) is 14.8. The molecule has 1 fully saturated rings. The molecule has 0 radical (unpaired) electrons. The molecular weight excluding hydrogens is 457 g/mol. The third-order valence-electron chi connectivity index (χ3n) is 5.54. The van der Waals surface area contributed by atoms with Crippen molar-refractivity contribution in [2.24, 2.45) is 0 Å². The van der Waals surface area contributed by atoms with Crippen LogP contribution in [0.4, 0.5) is 15.8 Å². The summed E-state index contributed by atoms with van der Waals surface area (Å²) in [6.45, 7) is 0.414. The molecule has 0 atom stereocenters. The highest BCUT2D eigenvalue weighted by Gasteiger charge is 2.28. The average molecular weight is 478 g/mol. The van der Waals surface area contributed by atoms with Crippen LogP contribution in [-0.2, 0) is 10.0 Å². The summed E-state index contributed by atoms with van der Waals surface area (Å²) in [6.07, 6.45) is 1.99.